The molecule has 0 amide bonds. The molecule has 13 aromatic rings. The third-order valence-corrected chi connectivity index (χ3v) is 15.7. The topological polar surface area (TPSA) is 54.0 Å². The molecule has 358 valence electrons. The van der Waals surface area contributed by atoms with Crippen LogP contribution in [0.5, 0.6) is 0 Å². The zero-order chi connectivity index (χ0) is 49.3. The molecule has 0 unspecified atom stereocenters. The molecule has 0 saturated heterocycles. The van der Waals surface area contributed by atoms with Crippen molar-refractivity contribution >= 4 is 86.7 Å². The summed E-state index contributed by atoms with van der Waals surface area (Å²) in [7, 11) is 0. The first-order chi connectivity index (χ1) is 36.3. The van der Waals surface area contributed by atoms with E-state index in [-0.39, 0.29) is 32.9 Å². The van der Waals surface area contributed by atoms with Crippen LogP contribution in [0, 0.1) is 0 Å². The van der Waals surface area contributed by atoms with E-state index in [0.717, 1.165) is 144 Å². The smallest absolute Gasteiger partial charge is 0.656 e. The van der Waals surface area contributed by atoms with Crippen molar-refractivity contribution in [1.29, 1.82) is 0 Å². The summed E-state index contributed by atoms with van der Waals surface area (Å²) in [6, 6.07) is 75.4. The first-order valence-corrected chi connectivity index (χ1v) is 25.9. The van der Waals surface area contributed by atoms with Crippen LogP contribution < -0.4 is 9.97 Å². The van der Waals surface area contributed by atoms with Crippen LogP contribution in [0.2, 0.25) is 0 Å². The van der Waals surface area contributed by atoms with Crippen LogP contribution in [0.25, 0.3) is 154 Å². The number of hydrogen-bond acceptors (Lipinski definition) is 2. The van der Waals surface area contributed by atoms with Gasteiger partial charge in [0.05, 0.1) is 22.8 Å². The van der Waals surface area contributed by atoms with E-state index in [0.29, 0.717) is 0 Å². The molecule has 10 aromatic carbocycles. The van der Waals surface area contributed by atoms with E-state index < -0.39 is 0 Å². The molecule has 0 N–H and O–H groups in total. The first kappa shape index (κ1) is 45.2. The van der Waals surface area contributed by atoms with Gasteiger partial charge in [-0.2, -0.15) is 0 Å². The van der Waals surface area contributed by atoms with Crippen LogP contribution in [-0.4, -0.2) is 9.97 Å². The molecule has 4 nitrogen and oxygen atoms in total. The van der Waals surface area contributed by atoms with Gasteiger partial charge in [0, 0.05) is 22.3 Å². The molecule has 0 fully saturated rings. The Bertz CT molecular complexity index is 4410. The average Bonchev–Trinajstić information content (AvgIpc) is 4.18. The molecule has 5 heterocycles. The maximum atomic E-state index is 6.05. The Morgan fingerprint density at radius 2 is 0.547 bits per heavy atom. The molecule has 0 aliphatic carbocycles. The number of nitrogens with zero attached hydrogens (tertiary/aromatic N) is 4. The summed E-state index contributed by atoms with van der Waals surface area (Å²) in [5, 5.41) is 13.7. The van der Waals surface area contributed by atoms with Crippen molar-refractivity contribution in [3.05, 3.63) is 217 Å². The molecular weight excluding hydrogens is 1090 g/mol. The van der Waals surface area contributed by atoms with E-state index in [4.69, 9.17) is 19.9 Å². The summed E-state index contributed by atoms with van der Waals surface area (Å²) in [6.45, 7) is 9.21. The zero-order valence-corrected chi connectivity index (χ0v) is 44.2. The van der Waals surface area contributed by atoms with Crippen molar-refractivity contribution < 1.29 is 21.1 Å². The van der Waals surface area contributed by atoms with Crippen molar-refractivity contribution in [2.45, 2.75) is 39.5 Å². The van der Waals surface area contributed by atoms with E-state index in [1.54, 1.807) is 0 Å². The van der Waals surface area contributed by atoms with Gasteiger partial charge in [0.2, 0.25) is 0 Å². The van der Waals surface area contributed by atoms with Crippen LogP contribution >= 0.6 is 0 Å². The second-order valence-electron chi connectivity index (χ2n) is 20.8. The van der Waals surface area contributed by atoms with Gasteiger partial charge in [0.1, 0.15) is 0 Å². The summed E-state index contributed by atoms with van der Waals surface area (Å²) >= 11 is 0. The first-order valence-electron chi connectivity index (χ1n) is 25.9. The average molecular weight is 1140 g/mol. The molecule has 75 heavy (non-hydrogen) atoms. The van der Waals surface area contributed by atoms with Gasteiger partial charge in [-0.05, 0) is 158 Å². The summed E-state index contributed by atoms with van der Waals surface area (Å²) in [5.74, 6) is 0.0536. The van der Waals surface area contributed by atoms with Gasteiger partial charge in [-0.1, -0.05) is 185 Å². The molecule has 8 bridgehead atoms. The third-order valence-electron chi connectivity index (χ3n) is 15.7. The second kappa shape index (κ2) is 17.3. The van der Waals surface area contributed by atoms with Crippen molar-refractivity contribution in [3.8, 4) is 67.3 Å². The Labute approximate surface area is 449 Å². The fourth-order valence-corrected chi connectivity index (χ4v) is 12.3. The summed E-state index contributed by atoms with van der Waals surface area (Å²) in [4.78, 5) is 24.2. The molecule has 0 radical (unpaired) electrons. The molecule has 0 spiro atoms. The maximum absolute atomic E-state index is 6.05. The SMILES string of the molecule is CC(C)c1c2nc(c(-c3ccccc3)c3[n-]c(c(C(C)C)c4nc(c(-c5ccccc5)c5[n-]c1c1cc6ccccc6cc51)-c1cc5ccccc5cc1-4)c1cc4ccccc4cc31)-c1cc3ccccc3cc1-2.[Pt+2]. The predicted molar refractivity (Wildman–Crippen MR) is 312 cm³/mol. The van der Waals surface area contributed by atoms with Crippen molar-refractivity contribution in [1.82, 2.24) is 19.9 Å². The van der Waals surface area contributed by atoms with Crippen molar-refractivity contribution in [2.75, 3.05) is 0 Å². The van der Waals surface area contributed by atoms with E-state index in [9.17, 15) is 0 Å². The van der Waals surface area contributed by atoms with Crippen LogP contribution in [0.1, 0.15) is 50.7 Å². The summed E-state index contributed by atoms with van der Waals surface area (Å²) in [6.07, 6.45) is 0. The number of aromatic nitrogens is 4. The molecule has 0 atom stereocenters. The molecule has 15 rings (SSSR count). The molecule has 5 heteroatoms. The van der Waals surface area contributed by atoms with E-state index in [1.807, 2.05) is 0 Å². The van der Waals surface area contributed by atoms with Crippen molar-refractivity contribution in [3.63, 3.8) is 0 Å². The fraction of sp³-hybridized carbons (Fsp3) is 0.0857. The minimum Gasteiger partial charge on any atom is -0.656 e. The second-order valence-corrected chi connectivity index (χ2v) is 20.8. The van der Waals surface area contributed by atoms with Crippen LogP contribution in [-0.2, 0) is 21.1 Å². The number of hydrogen-bond donors (Lipinski definition) is 0. The molecular formula is C70H48N4Pt. The number of rotatable bonds is 4. The van der Waals surface area contributed by atoms with Crippen LogP contribution in [0.15, 0.2) is 206 Å². The minimum atomic E-state index is 0. The van der Waals surface area contributed by atoms with Gasteiger partial charge in [-0.15, -0.1) is 22.1 Å². The minimum absolute atomic E-state index is 0. The largest absolute Gasteiger partial charge is 2.00 e. The van der Waals surface area contributed by atoms with E-state index >= 15 is 0 Å². The maximum Gasteiger partial charge on any atom is 2.00 e. The normalized spacial score (nSPS) is 12.1. The fourth-order valence-electron chi connectivity index (χ4n) is 12.3. The van der Waals surface area contributed by atoms with Crippen molar-refractivity contribution in [2.24, 2.45) is 0 Å². The Morgan fingerprint density at radius 1 is 0.293 bits per heavy atom. The number of fused-ring (bicyclic) bond motifs is 24. The van der Waals surface area contributed by atoms with Gasteiger partial charge < -0.3 is 9.97 Å². The standard InChI is InChI=1S/C70H48N4.Pt/c1-39(2)59-63-51-31-43-23-11-15-27-47(43)35-55(51)67(71-63)61(41-19-7-5-8-20-41)69-57-37-49-29-17-13-25-45(49)33-53(57)65(73-69)60(40(3)4)66-54-34-46-26-14-18-30-50(46)38-58(54)70(74-66)62(42-21-9-6-10-22-42)68-56-36-48-28-16-12-24-44(48)32-52(56)64(59)72-68;/h5-40H,1-4H3;/q-2;+2. The van der Waals surface area contributed by atoms with Gasteiger partial charge in [0.15, 0.2) is 0 Å². The van der Waals surface area contributed by atoms with Gasteiger partial charge in [-0.25, -0.2) is 9.97 Å². The van der Waals surface area contributed by atoms with Crippen LogP contribution in [0.3, 0.4) is 0 Å². The molecule has 3 aromatic heterocycles. The van der Waals surface area contributed by atoms with Gasteiger partial charge in [0.25, 0.3) is 0 Å². The Kier molecular flexibility index (Phi) is 10.4. The van der Waals surface area contributed by atoms with E-state index in [2.05, 4.69) is 234 Å². The van der Waals surface area contributed by atoms with Crippen LogP contribution in [0.4, 0.5) is 0 Å². The Balaban J connectivity index is 0.00000516. The quantitative estimate of drug-likeness (QED) is 0.176. The predicted octanol–water partition coefficient (Wildman–Crippen LogP) is 18.7. The third kappa shape index (κ3) is 6.93. The Morgan fingerprint density at radius 3 is 0.840 bits per heavy atom. The Hall–Kier alpha value is -8.43. The summed E-state index contributed by atoms with van der Waals surface area (Å²) < 4.78 is 0. The summed E-state index contributed by atoms with van der Waals surface area (Å²) in [5.41, 5.74) is 18.1. The zero-order valence-electron chi connectivity index (χ0n) is 41.9. The molecule has 2 aliphatic rings. The monoisotopic (exact) mass is 1140 g/mol. The number of benzene rings is 10. The van der Waals surface area contributed by atoms with E-state index in [1.165, 1.54) is 21.5 Å². The molecule has 0 saturated carbocycles. The molecule has 2 aliphatic heterocycles. The van der Waals surface area contributed by atoms with Gasteiger partial charge in [-0.3, -0.25) is 0 Å². The van der Waals surface area contributed by atoms with Gasteiger partial charge >= 0.3 is 21.1 Å².